The number of ether oxygens (including phenoxy) is 3. The molecule has 30 heavy (non-hydrogen) atoms. The molecule has 0 unspecified atom stereocenters. The van der Waals surface area contributed by atoms with Crippen LogP contribution in [-0.4, -0.2) is 38.2 Å². The molecule has 1 heterocycles. The molecule has 1 atom stereocenters. The normalized spacial score (nSPS) is 15.1. The van der Waals surface area contributed by atoms with E-state index >= 15 is 0 Å². The van der Waals surface area contributed by atoms with Crippen LogP contribution in [-0.2, 0) is 27.1 Å². The van der Waals surface area contributed by atoms with Gasteiger partial charge in [0, 0.05) is 4.88 Å². The number of rotatable bonds is 7. The van der Waals surface area contributed by atoms with Crippen molar-refractivity contribution in [2.45, 2.75) is 33.1 Å². The Balaban J connectivity index is 1.71. The number of para-hydroxylation sites is 1. The molecule has 0 aliphatic heterocycles. The van der Waals surface area contributed by atoms with Gasteiger partial charge in [0.2, 0.25) is 0 Å². The maximum atomic E-state index is 12.5. The van der Waals surface area contributed by atoms with E-state index in [0.717, 1.165) is 29.7 Å². The molecule has 0 fully saturated rings. The fourth-order valence-corrected chi connectivity index (χ4v) is 4.86. The van der Waals surface area contributed by atoms with Crippen molar-refractivity contribution in [1.29, 1.82) is 0 Å². The predicted octanol–water partition coefficient (Wildman–Crippen LogP) is 3.85. The number of methoxy groups -OCH3 is 1. The SMILES string of the molecule is CCOC(=O)c1c(NC(=O)COC(=O)c2ccccc2OC)sc2c1CC[C@H](C)C2. The van der Waals surface area contributed by atoms with Crippen molar-refractivity contribution in [3.63, 3.8) is 0 Å². The Hall–Kier alpha value is -2.87. The molecule has 0 radical (unpaired) electrons. The number of hydrogen-bond donors (Lipinski definition) is 1. The number of nitrogens with one attached hydrogen (secondary N) is 1. The Bertz CT molecular complexity index is 951. The zero-order valence-corrected chi connectivity index (χ0v) is 18.1. The summed E-state index contributed by atoms with van der Waals surface area (Å²) >= 11 is 1.39. The first-order valence-corrected chi connectivity index (χ1v) is 10.7. The molecule has 1 aromatic heterocycles. The predicted molar refractivity (Wildman–Crippen MR) is 113 cm³/mol. The smallest absolute Gasteiger partial charge is 0.342 e. The molecule has 0 saturated heterocycles. The summed E-state index contributed by atoms with van der Waals surface area (Å²) < 4.78 is 15.5. The van der Waals surface area contributed by atoms with E-state index in [9.17, 15) is 14.4 Å². The van der Waals surface area contributed by atoms with E-state index in [-0.39, 0.29) is 12.2 Å². The minimum Gasteiger partial charge on any atom is -0.496 e. The number of carbonyl (C=O) groups is 3. The third-order valence-electron chi connectivity index (χ3n) is 4.91. The van der Waals surface area contributed by atoms with Crippen molar-refractivity contribution in [3.05, 3.63) is 45.8 Å². The minimum absolute atomic E-state index is 0.237. The van der Waals surface area contributed by atoms with E-state index < -0.39 is 24.5 Å². The van der Waals surface area contributed by atoms with Crippen molar-refractivity contribution in [3.8, 4) is 5.75 Å². The minimum atomic E-state index is -0.660. The highest BCUT2D eigenvalue weighted by Crippen LogP contribution is 2.40. The maximum absolute atomic E-state index is 12.5. The molecular formula is C22H25NO6S. The van der Waals surface area contributed by atoms with Gasteiger partial charge in [-0.25, -0.2) is 9.59 Å². The number of anilines is 1. The Morgan fingerprint density at radius 2 is 1.93 bits per heavy atom. The highest BCUT2D eigenvalue weighted by atomic mass is 32.1. The highest BCUT2D eigenvalue weighted by molar-refractivity contribution is 7.17. The van der Waals surface area contributed by atoms with Crippen LogP contribution in [0.5, 0.6) is 5.75 Å². The van der Waals surface area contributed by atoms with Gasteiger partial charge in [-0.2, -0.15) is 0 Å². The number of esters is 2. The third-order valence-corrected chi connectivity index (χ3v) is 6.08. The summed E-state index contributed by atoms with van der Waals surface area (Å²) in [7, 11) is 1.45. The number of thiophene rings is 1. The molecule has 1 aliphatic carbocycles. The molecular weight excluding hydrogens is 406 g/mol. The van der Waals surface area contributed by atoms with Gasteiger partial charge in [-0.15, -0.1) is 11.3 Å². The third kappa shape index (κ3) is 4.81. The van der Waals surface area contributed by atoms with Crippen molar-refractivity contribution in [1.82, 2.24) is 0 Å². The summed E-state index contributed by atoms with van der Waals surface area (Å²) in [6.07, 6.45) is 2.63. The van der Waals surface area contributed by atoms with E-state index in [4.69, 9.17) is 14.2 Å². The fraction of sp³-hybridized carbons (Fsp3) is 0.409. The first-order chi connectivity index (χ1) is 14.4. The van der Waals surface area contributed by atoms with Gasteiger partial charge >= 0.3 is 11.9 Å². The van der Waals surface area contributed by atoms with Gasteiger partial charge in [-0.05, 0) is 49.8 Å². The number of fused-ring (bicyclic) bond motifs is 1. The molecule has 0 saturated carbocycles. The summed E-state index contributed by atoms with van der Waals surface area (Å²) in [5, 5.41) is 3.18. The lowest BCUT2D eigenvalue weighted by Crippen LogP contribution is -2.22. The molecule has 7 nitrogen and oxygen atoms in total. The van der Waals surface area contributed by atoms with E-state index in [1.165, 1.54) is 18.4 Å². The Labute approximate surface area is 179 Å². The van der Waals surface area contributed by atoms with Crippen LogP contribution in [0, 0.1) is 5.92 Å². The van der Waals surface area contributed by atoms with Crippen molar-refractivity contribution in [2.24, 2.45) is 5.92 Å². The molecule has 1 amide bonds. The second-order valence-electron chi connectivity index (χ2n) is 7.10. The Morgan fingerprint density at radius 3 is 2.67 bits per heavy atom. The molecule has 160 valence electrons. The molecule has 3 rings (SSSR count). The van der Waals surface area contributed by atoms with Gasteiger partial charge in [0.1, 0.15) is 16.3 Å². The van der Waals surface area contributed by atoms with E-state index in [2.05, 4.69) is 12.2 Å². The first kappa shape index (κ1) is 21.8. The second kappa shape index (κ2) is 9.75. The summed E-state index contributed by atoms with van der Waals surface area (Å²) in [5.41, 5.74) is 1.62. The molecule has 2 aromatic rings. The van der Waals surface area contributed by atoms with E-state index in [0.29, 0.717) is 22.2 Å². The molecule has 0 spiro atoms. The molecule has 8 heteroatoms. The molecule has 1 N–H and O–H groups in total. The molecule has 1 aliphatic rings. The Morgan fingerprint density at radius 1 is 1.17 bits per heavy atom. The van der Waals surface area contributed by atoms with Gasteiger partial charge < -0.3 is 19.5 Å². The van der Waals surface area contributed by atoms with Crippen LogP contribution in [0.25, 0.3) is 0 Å². The number of benzene rings is 1. The number of carbonyl (C=O) groups excluding carboxylic acids is 3. The van der Waals surface area contributed by atoms with Gasteiger partial charge in [0.05, 0.1) is 19.3 Å². The lowest BCUT2D eigenvalue weighted by Gasteiger charge is -2.18. The standard InChI is InChI=1S/C22H25NO6S/c1-4-28-22(26)19-15-10-9-13(2)11-17(15)30-20(19)23-18(24)12-29-21(25)14-7-5-6-8-16(14)27-3/h5-8,13H,4,9-12H2,1-3H3,(H,23,24)/t13-/m0/s1. The van der Waals surface area contributed by atoms with Gasteiger partial charge in [-0.1, -0.05) is 19.1 Å². The molecule has 1 aromatic carbocycles. The van der Waals surface area contributed by atoms with Crippen LogP contribution in [0.3, 0.4) is 0 Å². The van der Waals surface area contributed by atoms with Gasteiger partial charge in [0.25, 0.3) is 5.91 Å². The van der Waals surface area contributed by atoms with Gasteiger partial charge in [-0.3, -0.25) is 4.79 Å². The van der Waals surface area contributed by atoms with Gasteiger partial charge in [0.15, 0.2) is 6.61 Å². The number of hydrogen-bond acceptors (Lipinski definition) is 7. The van der Waals surface area contributed by atoms with Crippen LogP contribution in [0.4, 0.5) is 5.00 Å². The van der Waals surface area contributed by atoms with E-state index in [1.807, 2.05) is 0 Å². The largest absolute Gasteiger partial charge is 0.496 e. The summed E-state index contributed by atoms with van der Waals surface area (Å²) in [6, 6.07) is 6.62. The quantitative estimate of drug-likeness (QED) is 0.670. The van der Waals surface area contributed by atoms with Crippen molar-refractivity contribution < 1.29 is 28.6 Å². The summed E-state index contributed by atoms with van der Waals surface area (Å²) in [6.45, 7) is 3.69. The fourth-order valence-electron chi connectivity index (χ4n) is 3.44. The van der Waals surface area contributed by atoms with Crippen LogP contribution in [0.15, 0.2) is 24.3 Å². The Kier molecular flexibility index (Phi) is 7.10. The lowest BCUT2D eigenvalue weighted by atomic mass is 9.88. The maximum Gasteiger partial charge on any atom is 0.342 e. The number of amides is 1. The van der Waals surface area contributed by atoms with Crippen LogP contribution in [0.2, 0.25) is 0 Å². The zero-order valence-electron chi connectivity index (χ0n) is 17.3. The summed E-state index contributed by atoms with van der Waals surface area (Å²) in [4.78, 5) is 38.3. The van der Waals surface area contributed by atoms with Crippen LogP contribution >= 0.6 is 11.3 Å². The average molecular weight is 432 g/mol. The summed E-state index contributed by atoms with van der Waals surface area (Å²) in [5.74, 6) is -0.724. The monoisotopic (exact) mass is 431 g/mol. The van der Waals surface area contributed by atoms with Crippen molar-refractivity contribution in [2.75, 3.05) is 25.6 Å². The average Bonchev–Trinajstić information content (AvgIpc) is 3.08. The zero-order chi connectivity index (χ0) is 21.7. The lowest BCUT2D eigenvalue weighted by molar-refractivity contribution is -0.119. The van der Waals surface area contributed by atoms with Crippen LogP contribution < -0.4 is 10.1 Å². The first-order valence-electron chi connectivity index (χ1n) is 9.86. The molecule has 0 bridgehead atoms. The van der Waals surface area contributed by atoms with Crippen LogP contribution in [0.1, 0.15) is 51.4 Å². The van der Waals surface area contributed by atoms with Crippen molar-refractivity contribution >= 4 is 34.2 Å². The van der Waals surface area contributed by atoms with E-state index in [1.54, 1.807) is 31.2 Å². The topological polar surface area (TPSA) is 90.9 Å². The second-order valence-corrected chi connectivity index (χ2v) is 8.21. The highest BCUT2D eigenvalue weighted by Gasteiger charge is 2.29.